The van der Waals surface area contributed by atoms with E-state index in [-0.39, 0.29) is 0 Å². The highest BCUT2D eigenvalue weighted by Crippen LogP contribution is 2.58. The topological polar surface area (TPSA) is 0 Å². The second-order valence-corrected chi connectivity index (χ2v) is 21.3. The van der Waals surface area contributed by atoms with Crippen molar-refractivity contribution in [2.75, 3.05) is 0 Å². The lowest BCUT2D eigenvalue weighted by atomic mass is 9.87. The predicted octanol–water partition coefficient (Wildman–Crippen LogP) is 20.1. The molecule has 0 saturated heterocycles. The maximum Gasteiger partial charge on any atom is -0.000674 e. The van der Waals surface area contributed by atoms with E-state index in [2.05, 4.69) is 221 Å². The van der Waals surface area contributed by atoms with E-state index in [1.165, 1.54) is 200 Å². The first-order chi connectivity index (χ1) is 36.0. The van der Waals surface area contributed by atoms with Crippen LogP contribution in [0.25, 0.3) is 163 Å². The van der Waals surface area contributed by atoms with Crippen LogP contribution in [-0.2, 0) is 0 Å². The van der Waals surface area contributed by atoms with Crippen LogP contribution in [0.2, 0.25) is 0 Å². The molecule has 17 aromatic carbocycles. The van der Waals surface area contributed by atoms with Gasteiger partial charge in [-0.15, -0.1) is 0 Å². The first kappa shape index (κ1) is 38.6. The first-order valence-electron chi connectivity index (χ1n) is 25.9. The summed E-state index contributed by atoms with van der Waals surface area (Å²) in [4.78, 5) is 0. The van der Waals surface area contributed by atoms with E-state index in [0.29, 0.717) is 0 Å². The van der Waals surface area contributed by atoms with Crippen molar-refractivity contribution in [3.05, 3.63) is 238 Å². The van der Waals surface area contributed by atoms with Crippen LogP contribution in [0.3, 0.4) is 0 Å². The molecule has 0 unspecified atom stereocenters. The molecule has 0 fully saturated rings. The Bertz CT molecular complexity index is 5430. The lowest BCUT2D eigenvalue weighted by Crippen LogP contribution is -1.91. The van der Waals surface area contributed by atoms with E-state index in [1.807, 2.05) is 0 Å². The summed E-state index contributed by atoms with van der Waals surface area (Å²) in [5.41, 5.74) is 11.7. The molecule has 0 spiro atoms. The maximum atomic E-state index is 2.59. The van der Waals surface area contributed by atoms with Crippen molar-refractivity contribution in [1.29, 1.82) is 0 Å². The quantitative estimate of drug-likeness (QED) is 0.122. The third-order valence-electron chi connectivity index (χ3n) is 18.0. The van der Waals surface area contributed by atoms with Gasteiger partial charge < -0.3 is 0 Å². The van der Waals surface area contributed by atoms with Crippen LogP contribution in [-0.4, -0.2) is 0 Å². The Hall–Kier alpha value is -9.10. The minimum Gasteiger partial charge on any atom is -0.0620 e. The Morgan fingerprint density at radius 3 is 1.16 bits per heavy atom. The Kier molecular flexibility index (Phi) is 7.01. The molecule has 0 bridgehead atoms. The second kappa shape index (κ2) is 13.2. The smallest absolute Gasteiger partial charge is 0.000674 e. The van der Waals surface area contributed by atoms with Crippen molar-refractivity contribution in [1.82, 2.24) is 0 Å². The molecule has 0 heterocycles. The average molecular weight is 919 g/mol. The Morgan fingerprint density at radius 2 is 0.575 bits per heavy atom. The van der Waals surface area contributed by atoms with Gasteiger partial charge in [-0.05, 0) is 227 Å². The van der Waals surface area contributed by atoms with Crippen molar-refractivity contribution in [3.63, 3.8) is 0 Å². The summed E-state index contributed by atoms with van der Waals surface area (Å²) in [5.74, 6) is 0. The van der Waals surface area contributed by atoms with Gasteiger partial charge in [0.05, 0.1) is 0 Å². The van der Waals surface area contributed by atoms with E-state index < -0.39 is 0 Å². The second-order valence-electron chi connectivity index (χ2n) is 21.3. The van der Waals surface area contributed by atoms with Gasteiger partial charge >= 0.3 is 0 Å². The molecule has 73 heavy (non-hydrogen) atoms. The van der Waals surface area contributed by atoms with Gasteiger partial charge in [0.15, 0.2) is 0 Å². The normalized spacial score (nSPS) is 12.9. The molecule has 334 valence electrons. The van der Waals surface area contributed by atoms with E-state index in [9.17, 15) is 0 Å². The van der Waals surface area contributed by atoms with E-state index in [0.717, 1.165) is 0 Å². The summed E-state index contributed by atoms with van der Waals surface area (Å²) in [6, 6.07) is 77.2. The summed E-state index contributed by atoms with van der Waals surface area (Å²) >= 11 is 0. The van der Waals surface area contributed by atoms with Crippen LogP contribution in [0.4, 0.5) is 0 Å². The van der Waals surface area contributed by atoms with Gasteiger partial charge in [0.2, 0.25) is 0 Å². The molecule has 0 aliphatic heterocycles. The zero-order chi connectivity index (χ0) is 47.7. The molecule has 0 nitrogen and oxygen atoms in total. The summed E-state index contributed by atoms with van der Waals surface area (Å²) < 4.78 is 0. The number of benzene rings is 14. The van der Waals surface area contributed by atoms with Gasteiger partial charge in [-0.25, -0.2) is 0 Å². The van der Waals surface area contributed by atoms with Gasteiger partial charge in [0.25, 0.3) is 0 Å². The third kappa shape index (κ3) is 4.49. The molecule has 0 heteroatoms. The predicted molar refractivity (Wildman–Crippen MR) is 314 cm³/mol. The van der Waals surface area contributed by atoms with Crippen LogP contribution in [0.5, 0.6) is 0 Å². The zero-order valence-corrected chi connectivity index (χ0v) is 40.6. The summed E-state index contributed by atoms with van der Waals surface area (Å²) in [5, 5.41) is 37.9. The fraction of sp³-hybridized carbons (Fsp3) is 0.0411. The fourth-order valence-electron chi connectivity index (χ4n) is 15.1. The number of fused-ring (bicyclic) bond motifs is 14. The maximum absolute atomic E-state index is 2.59. The minimum atomic E-state index is 1.29. The van der Waals surface area contributed by atoms with Crippen molar-refractivity contribution in [3.8, 4) is 33.4 Å². The van der Waals surface area contributed by atoms with Crippen molar-refractivity contribution >= 4 is 129 Å². The highest BCUT2D eigenvalue weighted by Gasteiger charge is 2.30. The fourth-order valence-corrected chi connectivity index (χ4v) is 15.1. The minimum absolute atomic E-state index is 1.29. The molecule has 0 amide bonds. The number of hydrogen-bond donors (Lipinski definition) is 0. The van der Waals surface area contributed by atoms with Crippen LogP contribution in [0.15, 0.2) is 200 Å². The van der Waals surface area contributed by atoms with Gasteiger partial charge in [0.1, 0.15) is 0 Å². The van der Waals surface area contributed by atoms with Gasteiger partial charge in [-0.1, -0.05) is 194 Å². The molecule has 0 atom stereocenters. The zero-order valence-electron chi connectivity index (χ0n) is 40.6. The molecule has 17 aromatic rings. The summed E-state index contributed by atoms with van der Waals surface area (Å²) in [7, 11) is 0. The molecule has 0 radical (unpaired) electrons. The molecule has 0 saturated carbocycles. The standard InChI is InChI=1S/C73H42/c1-37-14-4-7-19-41(37)47-26-27-48(42-20-8-5-15-38(42)2)65-55-33-29-50-52-31-35-57-67-56(34-30-51(63(52)67)49-28-32-54(64(47)65)66(55)62(49)50)71-61(43-21-9-6-16-39(43)3)59-36-58-46-24-12-17-40-18-13-25-53(60(40)46)68(58)69-44-22-10-11-23-45(44)70(72(57)71)73(59)69/h4-36H,1-3H3. The molecule has 1 aliphatic carbocycles. The average Bonchev–Trinajstić information content (AvgIpc) is 4.20. The first-order valence-corrected chi connectivity index (χ1v) is 25.9. The molecular formula is C73H42. The van der Waals surface area contributed by atoms with Crippen molar-refractivity contribution in [2.24, 2.45) is 0 Å². The van der Waals surface area contributed by atoms with Crippen LogP contribution in [0, 0.1) is 41.6 Å². The Balaban J connectivity index is 1.05. The lowest BCUT2D eigenvalue weighted by Gasteiger charge is -2.16. The number of aryl methyl sites for hydroxylation is 3. The van der Waals surface area contributed by atoms with Crippen LogP contribution in [0.1, 0.15) is 16.7 Å². The highest BCUT2D eigenvalue weighted by atomic mass is 14.3. The highest BCUT2D eigenvalue weighted by molar-refractivity contribution is 6.54. The Morgan fingerprint density at radius 1 is 0.205 bits per heavy atom. The third-order valence-corrected chi connectivity index (χ3v) is 18.0. The lowest BCUT2D eigenvalue weighted by molar-refractivity contribution is 1.40. The molecule has 0 aromatic heterocycles. The van der Waals surface area contributed by atoms with Crippen molar-refractivity contribution in [2.45, 2.75) is 20.8 Å². The largest absolute Gasteiger partial charge is 0.0620 e. The van der Waals surface area contributed by atoms with Crippen LogP contribution < -0.4 is 0 Å². The summed E-state index contributed by atoms with van der Waals surface area (Å²) in [6.45, 7) is 6.81. The van der Waals surface area contributed by atoms with E-state index in [1.54, 1.807) is 0 Å². The number of rotatable bonds is 3. The van der Waals surface area contributed by atoms with E-state index in [4.69, 9.17) is 0 Å². The summed E-state index contributed by atoms with van der Waals surface area (Å²) in [6.07, 6.45) is 0. The Labute approximate surface area is 418 Å². The SMILES string of the molecule is Cc1ccccc1-c1ccc(-c2ccccc2C)c2c1=c1ccc3c4ccc5c6c(-c7ccccc7C)c7cc8c9cccc%10cccc(c%109)c8c8c9ccccc9c(c6c6ccc(c9ccc=2c1c39)c4c56)c78. The van der Waals surface area contributed by atoms with Gasteiger partial charge in [-0.3, -0.25) is 0 Å². The van der Waals surface area contributed by atoms with Crippen molar-refractivity contribution < 1.29 is 0 Å². The molecular weight excluding hydrogens is 877 g/mol. The molecule has 1 aliphatic rings. The number of hydrogen-bond acceptors (Lipinski definition) is 0. The molecule has 0 N–H and O–H groups in total. The molecule has 18 rings (SSSR count). The van der Waals surface area contributed by atoms with E-state index >= 15 is 0 Å². The van der Waals surface area contributed by atoms with Gasteiger partial charge in [-0.2, -0.15) is 0 Å². The van der Waals surface area contributed by atoms with Gasteiger partial charge in [0, 0.05) is 0 Å². The monoisotopic (exact) mass is 918 g/mol. The van der Waals surface area contributed by atoms with Crippen LogP contribution >= 0.6 is 0 Å².